The van der Waals surface area contributed by atoms with Crippen molar-refractivity contribution in [3.8, 4) is 17.1 Å². The molecule has 1 spiro atoms. The number of likely N-dealkylation sites (tertiary alicyclic amines) is 1. The maximum Gasteiger partial charge on any atom is 0.274 e. The lowest BCUT2D eigenvalue weighted by atomic mass is 9.88. The third-order valence-corrected chi connectivity index (χ3v) is 7.36. The molecule has 2 aromatic heterocycles. The molecule has 0 bridgehead atoms. The molecule has 0 unspecified atom stereocenters. The molecule has 35 heavy (non-hydrogen) atoms. The topological polar surface area (TPSA) is 100 Å². The van der Waals surface area contributed by atoms with E-state index in [0.717, 1.165) is 18.4 Å². The Kier molecular flexibility index (Phi) is 6.42. The second-order valence-corrected chi connectivity index (χ2v) is 9.94. The van der Waals surface area contributed by atoms with Crippen LogP contribution < -0.4 is 10.1 Å². The number of aromatic amines is 1. The van der Waals surface area contributed by atoms with Gasteiger partial charge in [-0.05, 0) is 49.4 Å². The fraction of sp³-hybridized carbons (Fsp3) is 0.360. The maximum atomic E-state index is 13.4. The van der Waals surface area contributed by atoms with Crippen LogP contribution >= 0.6 is 23.2 Å². The fourth-order valence-electron chi connectivity index (χ4n) is 4.78. The first-order chi connectivity index (χ1) is 16.9. The van der Waals surface area contributed by atoms with E-state index in [9.17, 15) is 9.59 Å². The highest BCUT2D eigenvalue weighted by atomic mass is 35.5. The Labute approximate surface area is 213 Å². The molecular formula is C25H25Cl2N5O3. The molecule has 5 rings (SSSR count). The molecule has 1 aliphatic carbocycles. The number of methoxy groups -OCH3 is 1. The van der Waals surface area contributed by atoms with E-state index in [0.29, 0.717) is 58.8 Å². The van der Waals surface area contributed by atoms with Crippen LogP contribution in [0.5, 0.6) is 5.88 Å². The number of carbonyl (C=O) groups is 2. The summed E-state index contributed by atoms with van der Waals surface area (Å²) >= 11 is 12.3. The van der Waals surface area contributed by atoms with Crippen molar-refractivity contribution in [2.24, 2.45) is 5.92 Å². The van der Waals surface area contributed by atoms with Gasteiger partial charge in [-0.2, -0.15) is 5.10 Å². The SMILES string of the molecule is COc1cc(-c2cc(C(=O)N3CC[C@H](C(=O)NCc4cccc(Cl)c4)CC34CC4)n[nH]2)c(Cl)cn1. The summed E-state index contributed by atoms with van der Waals surface area (Å²) in [4.78, 5) is 32.2. The lowest BCUT2D eigenvalue weighted by Gasteiger charge is -2.39. The van der Waals surface area contributed by atoms with Gasteiger partial charge in [-0.1, -0.05) is 35.3 Å². The predicted octanol–water partition coefficient (Wildman–Crippen LogP) is 4.49. The van der Waals surface area contributed by atoms with E-state index in [-0.39, 0.29) is 23.3 Å². The molecule has 2 N–H and O–H groups in total. The van der Waals surface area contributed by atoms with E-state index in [2.05, 4.69) is 20.5 Å². The van der Waals surface area contributed by atoms with Crippen LogP contribution in [0.3, 0.4) is 0 Å². The van der Waals surface area contributed by atoms with Crippen LogP contribution in [0, 0.1) is 5.92 Å². The van der Waals surface area contributed by atoms with Gasteiger partial charge in [0.15, 0.2) is 5.69 Å². The Balaban J connectivity index is 1.25. The zero-order chi connectivity index (χ0) is 24.6. The highest BCUT2D eigenvalue weighted by Gasteiger charge is 2.54. The van der Waals surface area contributed by atoms with E-state index in [4.69, 9.17) is 27.9 Å². The van der Waals surface area contributed by atoms with Crippen molar-refractivity contribution in [2.45, 2.75) is 37.8 Å². The van der Waals surface area contributed by atoms with Gasteiger partial charge in [-0.3, -0.25) is 14.7 Å². The van der Waals surface area contributed by atoms with Crippen molar-refractivity contribution < 1.29 is 14.3 Å². The zero-order valence-corrected chi connectivity index (χ0v) is 20.7. The Morgan fingerprint density at radius 3 is 2.83 bits per heavy atom. The molecular weight excluding hydrogens is 489 g/mol. The number of nitrogens with zero attached hydrogens (tertiary/aromatic N) is 3. The number of halogens is 2. The van der Waals surface area contributed by atoms with Gasteiger partial charge in [-0.15, -0.1) is 0 Å². The summed E-state index contributed by atoms with van der Waals surface area (Å²) in [5.41, 5.74) is 2.27. The minimum atomic E-state index is -0.274. The smallest absolute Gasteiger partial charge is 0.274 e. The van der Waals surface area contributed by atoms with Crippen molar-refractivity contribution >= 4 is 35.0 Å². The highest BCUT2D eigenvalue weighted by Crippen LogP contribution is 2.50. The van der Waals surface area contributed by atoms with E-state index in [1.165, 1.54) is 13.3 Å². The van der Waals surface area contributed by atoms with Crippen molar-refractivity contribution in [1.82, 2.24) is 25.4 Å². The van der Waals surface area contributed by atoms with Crippen molar-refractivity contribution in [1.29, 1.82) is 0 Å². The summed E-state index contributed by atoms with van der Waals surface area (Å²) in [7, 11) is 1.53. The normalized spacial score (nSPS) is 18.4. The standard InChI is InChI=1S/C25H25Cl2N5O3/c1-35-22-10-18(19(27)14-28-22)20-11-21(31-30-20)24(34)32-8-5-16(12-25(32)6-7-25)23(33)29-13-15-3-2-4-17(26)9-15/h2-4,9-11,14,16H,5-8,12-13H2,1H3,(H,29,33)(H,30,31)/t16-/m0/s1. The second-order valence-electron chi connectivity index (χ2n) is 9.09. The molecule has 3 aromatic rings. The Morgan fingerprint density at radius 1 is 1.26 bits per heavy atom. The molecule has 1 saturated carbocycles. The summed E-state index contributed by atoms with van der Waals surface area (Å²) in [6, 6.07) is 10.8. The number of hydrogen-bond donors (Lipinski definition) is 2. The molecule has 2 aliphatic rings. The summed E-state index contributed by atoms with van der Waals surface area (Å²) < 4.78 is 5.18. The lowest BCUT2D eigenvalue weighted by Crippen LogP contribution is -2.50. The molecule has 8 nitrogen and oxygen atoms in total. The molecule has 2 fully saturated rings. The average Bonchev–Trinajstić information content (AvgIpc) is 3.44. The summed E-state index contributed by atoms with van der Waals surface area (Å²) in [6.45, 7) is 0.948. The van der Waals surface area contributed by atoms with Gasteiger partial charge >= 0.3 is 0 Å². The molecule has 1 saturated heterocycles. The number of piperidine rings is 1. The van der Waals surface area contributed by atoms with Crippen molar-refractivity contribution in [2.75, 3.05) is 13.7 Å². The van der Waals surface area contributed by atoms with E-state index in [1.54, 1.807) is 18.2 Å². The Hall–Kier alpha value is -3.10. The first kappa shape index (κ1) is 23.6. The number of carbonyl (C=O) groups excluding carboxylic acids is 2. The van der Waals surface area contributed by atoms with Gasteiger partial charge in [0.1, 0.15) is 0 Å². The number of H-pyrrole nitrogens is 1. The second kappa shape index (κ2) is 9.51. The molecule has 3 heterocycles. The summed E-state index contributed by atoms with van der Waals surface area (Å²) in [5, 5.41) is 11.3. The van der Waals surface area contributed by atoms with Crippen LogP contribution in [0.2, 0.25) is 10.0 Å². The van der Waals surface area contributed by atoms with Crippen LogP contribution in [-0.2, 0) is 11.3 Å². The van der Waals surface area contributed by atoms with Gasteiger partial charge in [0.25, 0.3) is 5.91 Å². The van der Waals surface area contributed by atoms with Gasteiger partial charge in [0.2, 0.25) is 11.8 Å². The van der Waals surface area contributed by atoms with Crippen LogP contribution in [0.15, 0.2) is 42.6 Å². The first-order valence-corrected chi connectivity index (χ1v) is 12.2. The van der Waals surface area contributed by atoms with Crippen LogP contribution in [-0.4, -0.2) is 51.1 Å². The Bertz CT molecular complexity index is 1270. The number of amides is 2. The Morgan fingerprint density at radius 2 is 2.09 bits per heavy atom. The third kappa shape index (κ3) is 4.86. The zero-order valence-electron chi connectivity index (χ0n) is 19.2. The minimum absolute atomic E-state index is 0.0201. The van der Waals surface area contributed by atoms with Crippen LogP contribution in [0.25, 0.3) is 11.3 Å². The average molecular weight is 514 g/mol. The molecule has 1 aliphatic heterocycles. The highest BCUT2D eigenvalue weighted by molar-refractivity contribution is 6.33. The number of aromatic nitrogens is 3. The predicted molar refractivity (Wildman–Crippen MR) is 132 cm³/mol. The van der Waals surface area contributed by atoms with Crippen molar-refractivity contribution in [3.05, 3.63) is 63.9 Å². The molecule has 0 radical (unpaired) electrons. The summed E-state index contributed by atoms with van der Waals surface area (Å²) in [6.07, 6.45) is 4.55. The van der Waals surface area contributed by atoms with E-state index >= 15 is 0 Å². The molecule has 1 atom stereocenters. The first-order valence-electron chi connectivity index (χ1n) is 11.5. The number of ether oxygens (including phenoxy) is 1. The van der Waals surface area contributed by atoms with Gasteiger partial charge in [-0.25, -0.2) is 4.98 Å². The lowest BCUT2D eigenvalue weighted by molar-refractivity contribution is -0.127. The van der Waals surface area contributed by atoms with Crippen LogP contribution in [0.4, 0.5) is 0 Å². The van der Waals surface area contributed by atoms with E-state index in [1.807, 2.05) is 23.1 Å². The minimum Gasteiger partial charge on any atom is -0.481 e. The number of rotatable bonds is 6. The molecule has 2 amide bonds. The van der Waals surface area contributed by atoms with Crippen molar-refractivity contribution in [3.63, 3.8) is 0 Å². The molecule has 182 valence electrons. The van der Waals surface area contributed by atoms with E-state index < -0.39 is 0 Å². The van der Waals surface area contributed by atoms with Gasteiger partial charge in [0, 0.05) is 41.2 Å². The summed E-state index contributed by atoms with van der Waals surface area (Å²) in [5.74, 6) is 0.171. The maximum absolute atomic E-state index is 13.4. The quantitative estimate of drug-likeness (QED) is 0.505. The number of nitrogens with one attached hydrogen (secondary N) is 2. The molecule has 1 aromatic carbocycles. The fourth-order valence-corrected chi connectivity index (χ4v) is 5.20. The van der Waals surface area contributed by atoms with Gasteiger partial charge in [0.05, 0.1) is 24.0 Å². The number of hydrogen-bond acceptors (Lipinski definition) is 5. The van der Waals surface area contributed by atoms with Crippen LogP contribution in [0.1, 0.15) is 41.7 Å². The largest absolute Gasteiger partial charge is 0.481 e. The number of benzene rings is 1. The monoisotopic (exact) mass is 513 g/mol. The van der Waals surface area contributed by atoms with Gasteiger partial charge < -0.3 is 15.0 Å². The molecule has 10 heteroatoms. The number of pyridine rings is 1. The third-order valence-electron chi connectivity index (χ3n) is 6.83.